The summed E-state index contributed by atoms with van der Waals surface area (Å²) in [5, 5.41) is 0. The van der Waals surface area contributed by atoms with Crippen molar-refractivity contribution in [1.29, 1.82) is 0 Å². The Morgan fingerprint density at radius 3 is 2.44 bits per heavy atom. The van der Waals surface area contributed by atoms with E-state index in [0.717, 1.165) is 49.5 Å². The SMILES string of the molecule is NC(=O)c1cccc(C2=CCC(Cc3cccc(CN4CCOCC4)c3)(C(N)=O)C=C2)c1. The molecule has 2 amide bonds. The van der Waals surface area contributed by atoms with Crippen molar-refractivity contribution in [3.8, 4) is 0 Å². The van der Waals surface area contributed by atoms with Gasteiger partial charge in [-0.3, -0.25) is 14.5 Å². The fraction of sp³-hybridized carbons (Fsp3) is 0.308. The molecular weight excluding hydrogens is 402 g/mol. The lowest BCUT2D eigenvalue weighted by Crippen LogP contribution is -2.38. The predicted octanol–water partition coefficient (Wildman–Crippen LogP) is 2.68. The van der Waals surface area contributed by atoms with Crippen LogP contribution in [0.3, 0.4) is 0 Å². The van der Waals surface area contributed by atoms with Gasteiger partial charge in [-0.25, -0.2) is 0 Å². The van der Waals surface area contributed by atoms with Gasteiger partial charge >= 0.3 is 0 Å². The van der Waals surface area contributed by atoms with Gasteiger partial charge in [-0.15, -0.1) is 0 Å². The molecule has 1 saturated heterocycles. The monoisotopic (exact) mass is 431 g/mol. The van der Waals surface area contributed by atoms with Crippen LogP contribution in [0.2, 0.25) is 0 Å². The summed E-state index contributed by atoms with van der Waals surface area (Å²) in [5.41, 5.74) is 15.1. The van der Waals surface area contributed by atoms with Crippen LogP contribution >= 0.6 is 0 Å². The number of carbonyl (C=O) groups excluding carboxylic acids is 2. The van der Waals surface area contributed by atoms with Crippen LogP contribution in [0.25, 0.3) is 5.57 Å². The van der Waals surface area contributed by atoms with Crippen LogP contribution in [0.15, 0.2) is 66.8 Å². The topological polar surface area (TPSA) is 98.7 Å². The number of nitrogens with zero attached hydrogens (tertiary/aromatic N) is 1. The molecule has 6 nitrogen and oxygen atoms in total. The van der Waals surface area contributed by atoms with Gasteiger partial charge in [-0.2, -0.15) is 0 Å². The molecule has 166 valence electrons. The van der Waals surface area contributed by atoms with Gasteiger partial charge in [-0.1, -0.05) is 54.6 Å². The van der Waals surface area contributed by atoms with Crippen LogP contribution in [-0.2, 0) is 22.5 Å². The third kappa shape index (κ3) is 4.98. The molecule has 0 spiro atoms. The van der Waals surface area contributed by atoms with Crippen molar-refractivity contribution in [3.05, 3.63) is 89.0 Å². The molecule has 1 heterocycles. The number of hydrogen-bond donors (Lipinski definition) is 2. The Labute approximate surface area is 188 Å². The zero-order valence-corrected chi connectivity index (χ0v) is 18.1. The van der Waals surface area contributed by atoms with Crippen LogP contribution in [0.5, 0.6) is 0 Å². The second-order valence-electron chi connectivity index (χ2n) is 8.55. The molecule has 0 aromatic heterocycles. The van der Waals surface area contributed by atoms with E-state index in [4.69, 9.17) is 16.2 Å². The number of amides is 2. The standard InChI is InChI=1S/C26H29N3O3/c27-24(30)23-6-2-5-22(16-23)21-7-9-26(10-8-21,25(28)31)17-19-3-1-4-20(15-19)18-29-11-13-32-14-12-29/h1-9,15-16H,10-14,17-18H2,(H2,27,30)(H2,28,31). The van der Waals surface area contributed by atoms with Gasteiger partial charge in [0, 0.05) is 25.2 Å². The maximum Gasteiger partial charge on any atom is 0.248 e. The van der Waals surface area contributed by atoms with Gasteiger partial charge < -0.3 is 16.2 Å². The van der Waals surface area contributed by atoms with E-state index in [0.29, 0.717) is 18.4 Å². The van der Waals surface area contributed by atoms with Gasteiger partial charge in [0.25, 0.3) is 0 Å². The Morgan fingerprint density at radius 1 is 1.00 bits per heavy atom. The highest BCUT2D eigenvalue weighted by Crippen LogP contribution is 2.36. The molecule has 4 N–H and O–H groups in total. The van der Waals surface area contributed by atoms with Crippen molar-refractivity contribution in [1.82, 2.24) is 4.90 Å². The molecule has 6 heteroatoms. The highest BCUT2D eigenvalue weighted by Gasteiger charge is 2.35. The van der Waals surface area contributed by atoms with E-state index in [1.165, 1.54) is 5.56 Å². The number of morpholine rings is 1. The summed E-state index contributed by atoms with van der Waals surface area (Å²) in [6.07, 6.45) is 6.90. The summed E-state index contributed by atoms with van der Waals surface area (Å²) in [4.78, 5) is 26.4. The molecule has 1 atom stereocenters. The minimum Gasteiger partial charge on any atom is -0.379 e. The van der Waals surface area contributed by atoms with Gasteiger partial charge in [0.15, 0.2) is 0 Å². The summed E-state index contributed by atoms with van der Waals surface area (Å²) in [5.74, 6) is -0.802. The molecule has 0 radical (unpaired) electrons. The molecule has 0 saturated carbocycles. The number of allylic oxidation sites excluding steroid dienone is 3. The van der Waals surface area contributed by atoms with Gasteiger partial charge in [0.1, 0.15) is 0 Å². The fourth-order valence-electron chi connectivity index (χ4n) is 4.36. The van der Waals surface area contributed by atoms with E-state index in [-0.39, 0.29) is 5.91 Å². The molecule has 1 fully saturated rings. The summed E-state index contributed by atoms with van der Waals surface area (Å²) >= 11 is 0. The fourth-order valence-corrected chi connectivity index (χ4v) is 4.36. The second kappa shape index (κ2) is 9.51. The molecule has 0 bridgehead atoms. The largest absolute Gasteiger partial charge is 0.379 e. The quantitative estimate of drug-likeness (QED) is 0.704. The van der Waals surface area contributed by atoms with Crippen LogP contribution in [0.4, 0.5) is 0 Å². The average molecular weight is 432 g/mol. The first-order chi connectivity index (χ1) is 15.4. The molecule has 1 unspecified atom stereocenters. The van der Waals surface area contributed by atoms with Crippen molar-refractivity contribution in [3.63, 3.8) is 0 Å². The summed E-state index contributed by atoms with van der Waals surface area (Å²) in [7, 11) is 0. The third-order valence-electron chi connectivity index (χ3n) is 6.26. The van der Waals surface area contributed by atoms with E-state index in [9.17, 15) is 9.59 Å². The first kappa shape index (κ1) is 22.0. The Bertz CT molecular complexity index is 1070. The van der Waals surface area contributed by atoms with Crippen LogP contribution in [0.1, 0.15) is 33.5 Å². The average Bonchev–Trinajstić information content (AvgIpc) is 2.80. The number of hydrogen-bond acceptors (Lipinski definition) is 4. The molecule has 2 aromatic carbocycles. The summed E-state index contributed by atoms with van der Waals surface area (Å²) < 4.78 is 5.43. The first-order valence-electron chi connectivity index (χ1n) is 10.9. The van der Waals surface area contributed by atoms with Crippen LogP contribution in [0, 0.1) is 5.41 Å². The maximum absolute atomic E-state index is 12.5. The Kier molecular flexibility index (Phi) is 6.53. The van der Waals surface area contributed by atoms with Crippen LogP contribution < -0.4 is 11.5 Å². The highest BCUT2D eigenvalue weighted by atomic mass is 16.5. The molecule has 1 aliphatic heterocycles. The van der Waals surface area contributed by atoms with E-state index in [2.05, 4.69) is 23.1 Å². The van der Waals surface area contributed by atoms with Gasteiger partial charge in [0.05, 0.1) is 18.6 Å². The Morgan fingerprint density at radius 2 is 1.75 bits per heavy atom. The van der Waals surface area contributed by atoms with Gasteiger partial charge in [0.2, 0.25) is 11.8 Å². The third-order valence-corrected chi connectivity index (χ3v) is 6.26. The van der Waals surface area contributed by atoms with E-state index in [1.54, 1.807) is 18.2 Å². The molecule has 4 rings (SSSR count). The van der Waals surface area contributed by atoms with Gasteiger partial charge in [-0.05, 0) is 47.2 Å². The summed E-state index contributed by atoms with van der Waals surface area (Å²) in [6.45, 7) is 4.28. The van der Waals surface area contributed by atoms with E-state index < -0.39 is 11.3 Å². The number of benzene rings is 2. The molecular formula is C26H29N3O3. The lowest BCUT2D eigenvalue weighted by atomic mass is 9.74. The normalized spacial score (nSPS) is 21.2. The molecule has 2 aromatic rings. The minimum atomic E-state index is -0.775. The lowest BCUT2D eigenvalue weighted by molar-refractivity contribution is -0.125. The Balaban J connectivity index is 1.50. The smallest absolute Gasteiger partial charge is 0.248 e. The van der Waals surface area contributed by atoms with Crippen molar-refractivity contribution in [2.24, 2.45) is 16.9 Å². The number of ether oxygens (including phenoxy) is 1. The number of carbonyl (C=O) groups is 2. The zero-order chi connectivity index (χ0) is 22.6. The molecule has 1 aliphatic carbocycles. The van der Waals surface area contributed by atoms with Crippen molar-refractivity contribution in [2.45, 2.75) is 19.4 Å². The Hall–Kier alpha value is -3.22. The number of primary amides is 2. The lowest BCUT2D eigenvalue weighted by Gasteiger charge is -2.30. The predicted molar refractivity (Wildman–Crippen MR) is 125 cm³/mol. The molecule has 2 aliphatic rings. The van der Waals surface area contributed by atoms with Crippen LogP contribution in [-0.4, -0.2) is 43.0 Å². The van der Waals surface area contributed by atoms with Crippen molar-refractivity contribution in [2.75, 3.05) is 26.3 Å². The number of nitrogens with two attached hydrogens (primary N) is 2. The van der Waals surface area contributed by atoms with Crippen molar-refractivity contribution >= 4 is 17.4 Å². The second-order valence-corrected chi connectivity index (χ2v) is 8.55. The van der Waals surface area contributed by atoms with E-state index >= 15 is 0 Å². The first-order valence-corrected chi connectivity index (χ1v) is 10.9. The van der Waals surface area contributed by atoms with Crippen molar-refractivity contribution < 1.29 is 14.3 Å². The molecule has 32 heavy (non-hydrogen) atoms. The zero-order valence-electron chi connectivity index (χ0n) is 18.1. The van der Waals surface area contributed by atoms with E-state index in [1.807, 2.05) is 30.4 Å². The maximum atomic E-state index is 12.5. The number of rotatable bonds is 7. The summed E-state index contributed by atoms with van der Waals surface area (Å²) in [6, 6.07) is 15.6. The minimum absolute atomic E-state index is 0.339. The highest BCUT2D eigenvalue weighted by molar-refractivity contribution is 5.94.